The molecule has 3 heteroatoms. The van der Waals surface area contributed by atoms with Crippen LogP contribution in [-0.4, -0.2) is 37.3 Å². The SMILES string of the molecule is CCNC1CSCC1CCOCC(C)C. The van der Waals surface area contributed by atoms with Gasteiger partial charge >= 0.3 is 0 Å². The molecule has 0 saturated carbocycles. The van der Waals surface area contributed by atoms with Crippen LogP contribution in [0.5, 0.6) is 0 Å². The second-order valence-electron chi connectivity index (χ2n) is 4.72. The molecule has 2 unspecified atom stereocenters. The molecular formula is C12H25NOS. The van der Waals surface area contributed by atoms with Gasteiger partial charge in [0.25, 0.3) is 0 Å². The standard InChI is InChI=1S/C12H25NOS/c1-4-13-12-9-15-8-11(12)5-6-14-7-10(2)3/h10-13H,4-9H2,1-3H3. The van der Waals surface area contributed by atoms with Gasteiger partial charge in [-0.15, -0.1) is 0 Å². The van der Waals surface area contributed by atoms with Crippen LogP contribution in [0.4, 0.5) is 0 Å². The molecule has 1 saturated heterocycles. The van der Waals surface area contributed by atoms with E-state index in [4.69, 9.17) is 4.74 Å². The minimum atomic E-state index is 0.660. The fourth-order valence-electron chi connectivity index (χ4n) is 1.92. The predicted octanol–water partition coefficient (Wildman–Crippen LogP) is 2.39. The zero-order valence-corrected chi connectivity index (χ0v) is 11.1. The van der Waals surface area contributed by atoms with Crippen molar-refractivity contribution in [1.82, 2.24) is 5.32 Å². The number of thioether (sulfide) groups is 1. The monoisotopic (exact) mass is 231 g/mol. The molecule has 1 aliphatic heterocycles. The first-order valence-electron chi connectivity index (χ1n) is 6.13. The Bertz CT molecular complexity index is 164. The maximum atomic E-state index is 5.65. The highest BCUT2D eigenvalue weighted by atomic mass is 32.2. The molecule has 2 nitrogen and oxygen atoms in total. The van der Waals surface area contributed by atoms with E-state index >= 15 is 0 Å². The molecule has 0 aromatic heterocycles. The number of nitrogens with one attached hydrogen (secondary N) is 1. The quantitative estimate of drug-likeness (QED) is 0.680. The van der Waals surface area contributed by atoms with Gasteiger partial charge in [-0.2, -0.15) is 11.8 Å². The van der Waals surface area contributed by atoms with Crippen molar-refractivity contribution in [2.24, 2.45) is 11.8 Å². The molecule has 1 heterocycles. The van der Waals surface area contributed by atoms with Crippen molar-refractivity contribution in [3.63, 3.8) is 0 Å². The van der Waals surface area contributed by atoms with Crippen molar-refractivity contribution in [2.45, 2.75) is 33.2 Å². The summed E-state index contributed by atoms with van der Waals surface area (Å²) in [5.41, 5.74) is 0. The average Bonchev–Trinajstić information content (AvgIpc) is 2.61. The normalized spacial score (nSPS) is 26.4. The minimum Gasteiger partial charge on any atom is -0.381 e. The molecule has 0 aromatic carbocycles. The van der Waals surface area contributed by atoms with Crippen LogP contribution < -0.4 is 5.32 Å². The van der Waals surface area contributed by atoms with Crippen molar-refractivity contribution in [1.29, 1.82) is 0 Å². The van der Waals surface area contributed by atoms with E-state index < -0.39 is 0 Å². The average molecular weight is 231 g/mol. The minimum absolute atomic E-state index is 0.660. The molecule has 1 fully saturated rings. The highest BCUT2D eigenvalue weighted by Crippen LogP contribution is 2.26. The summed E-state index contributed by atoms with van der Waals surface area (Å²) in [5.74, 6) is 4.07. The summed E-state index contributed by atoms with van der Waals surface area (Å²) in [4.78, 5) is 0. The lowest BCUT2D eigenvalue weighted by Gasteiger charge is -2.19. The molecule has 2 atom stereocenters. The predicted molar refractivity (Wildman–Crippen MR) is 68.6 cm³/mol. The van der Waals surface area contributed by atoms with Crippen molar-refractivity contribution >= 4 is 11.8 Å². The van der Waals surface area contributed by atoms with Crippen LogP contribution in [0.3, 0.4) is 0 Å². The van der Waals surface area contributed by atoms with Gasteiger partial charge in [0.2, 0.25) is 0 Å². The lowest BCUT2D eigenvalue weighted by Crippen LogP contribution is -2.35. The van der Waals surface area contributed by atoms with Crippen molar-refractivity contribution in [3.8, 4) is 0 Å². The van der Waals surface area contributed by atoms with Gasteiger partial charge in [-0.3, -0.25) is 0 Å². The smallest absolute Gasteiger partial charge is 0.0488 e. The van der Waals surface area contributed by atoms with E-state index in [0.29, 0.717) is 5.92 Å². The third kappa shape index (κ3) is 5.23. The van der Waals surface area contributed by atoms with Gasteiger partial charge in [0.15, 0.2) is 0 Å². The summed E-state index contributed by atoms with van der Waals surface area (Å²) in [7, 11) is 0. The van der Waals surface area contributed by atoms with E-state index in [1.54, 1.807) is 0 Å². The Balaban J connectivity index is 2.09. The zero-order valence-electron chi connectivity index (χ0n) is 10.3. The van der Waals surface area contributed by atoms with Crippen LogP contribution in [-0.2, 0) is 4.74 Å². The largest absolute Gasteiger partial charge is 0.381 e. The maximum absolute atomic E-state index is 5.65. The molecular weight excluding hydrogens is 206 g/mol. The molecule has 0 aliphatic carbocycles. The van der Waals surface area contributed by atoms with Gasteiger partial charge in [-0.05, 0) is 30.6 Å². The second kappa shape index (κ2) is 7.53. The van der Waals surface area contributed by atoms with Crippen molar-refractivity contribution < 1.29 is 4.74 Å². The van der Waals surface area contributed by atoms with Gasteiger partial charge in [-0.25, -0.2) is 0 Å². The number of hydrogen-bond donors (Lipinski definition) is 1. The van der Waals surface area contributed by atoms with Crippen LogP contribution in [0.25, 0.3) is 0 Å². The molecule has 1 aliphatic rings. The van der Waals surface area contributed by atoms with E-state index in [2.05, 4.69) is 37.8 Å². The summed E-state index contributed by atoms with van der Waals surface area (Å²) in [5, 5.41) is 3.57. The fraction of sp³-hybridized carbons (Fsp3) is 1.00. The number of ether oxygens (including phenoxy) is 1. The molecule has 0 aromatic rings. The Morgan fingerprint density at radius 3 is 2.87 bits per heavy atom. The summed E-state index contributed by atoms with van der Waals surface area (Å²) in [6.45, 7) is 9.53. The van der Waals surface area contributed by atoms with E-state index in [1.165, 1.54) is 17.9 Å². The van der Waals surface area contributed by atoms with Crippen molar-refractivity contribution in [3.05, 3.63) is 0 Å². The Morgan fingerprint density at radius 2 is 2.20 bits per heavy atom. The first-order chi connectivity index (χ1) is 7.24. The van der Waals surface area contributed by atoms with E-state index in [9.17, 15) is 0 Å². The molecule has 0 radical (unpaired) electrons. The highest BCUT2D eigenvalue weighted by Gasteiger charge is 2.26. The van der Waals surface area contributed by atoms with Gasteiger partial charge in [0.1, 0.15) is 0 Å². The molecule has 0 amide bonds. The summed E-state index contributed by atoms with van der Waals surface area (Å²) >= 11 is 2.08. The second-order valence-corrected chi connectivity index (χ2v) is 5.79. The first kappa shape index (κ1) is 13.3. The number of rotatable bonds is 7. The van der Waals surface area contributed by atoms with Gasteiger partial charge in [0, 0.05) is 25.0 Å². The number of hydrogen-bond acceptors (Lipinski definition) is 3. The Hall–Kier alpha value is 0.270. The molecule has 0 spiro atoms. The Kier molecular flexibility index (Phi) is 6.69. The topological polar surface area (TPSA) is 21.3 Å². The molecule has 15 heavy (non-hydrogen) atoms. The maximum Gasteiger partial charge on any atom is 0.0488 e. The van der Waals surface area contributed by atoms with Crippen LogP contribution in [0.1, 0.15) is 27.2 Å². The summed E-state index contributed by atoms with van der Waals surface area (Å²) in [6, 6.07) is 0.725. The Morgan fingerprint density at radius 1 is 1.40 bits per heavy atom. The van der Waals surface area contributed by atoms with Crippen LogP contribution >= 0.6 is 11.8 Å². The Labute approximate surface area is 98.5 Å². The van der Waals surface area contributed by atoms with Crippen LogP contribution in [0.2, 0.25) is 0 Å². The fourth-order valence-corrected chi connectivity index (χ4v) is 3.41. The van der Waals surface area contributed by atoms with Crippen LogP contribution in [0.15, 0.2) is 0 Å². The van der Waals surface area contributed by atoms with E-state index in [1.807, 2.05) is 0 Å². The van der Waals surface area contributed by atoms with E-state index in [-0.39, 0.29) is 0 Å². The third-order valence-corrected chi connectivity index (χ3v) is 4.01. The zero-order chi connectivity index (χ0) is 11.1. The molecule has 90 valence electrons. The van der Waals surface area contributed by atoms with Gasteiger partial charge in [-0.1, -0.05) is 20.8 Å². The van der Waals surface area contributed by atoms with Gasteiger partial charge < -0.3 is 10.1 Å². The third-order valence-electron chi connectivity index (χ3n) is 2.75. The van der Waals surface area contributed by atoms with Crippen LogP contribution in [0, 0.1) is 11.8 Å². The summed E-state index contributed by atoms with van der Waals surface area (Å²) in [6.07, 6.45) is 1.22. The van der Waals surface area contributed by atoms with Gasteiger partial charge in [0.05, 0.1) is 0 Å². The van der Waals surface area contributed by atoms with Crippen molar-refractivity contribution in [2.75, 3.05) is 31.3 Å². The lowest BCUT2D eigenvalue weighted by atomic mass is 10.0. The highest BCUT2D eigenvalue weighted by molar-refractivity contribution is 7.99. The summed E-state index contributed by atoms with van der Waals surface area (Å²) < 4.78 is 5.65. The molecule has 0 bridgehead atoms. The molecule has 1 rings (SSSR count). The van der Waals surface area contributed by atoms with E-state index in [0.717, 1.165) is 31.7 Å². The first-order valence-corrected chi connectivity index (χ1v) is 7.28. The molecule has 1 N–H and O–H groups in total. The lowest BCUT2D eigenvalue weighted by molar-refractivity contribution is 0.0973.